The lowest BCUT2D eigenvalue weighted by Gasteiger charge is -2.18. The van der Waals surface area contributed by atoms with Gasteiger partial charge in [-0.1, -0.05) is 0 Å². The summed E-state index contributed by atoms with van der Waals surface area (Å²) in [4.78, 5) is 4.24. The van der Waals surface area contributed by atoms with Crippen molar-refractivity contribution in [3.8, 4) is 17.2 Å². The van der Waals surface area contributed by atoms with Gasteiger partial charge in [-0.05, 0) is 12.8 Å². The predicted octanol–water partition coefficient (Wildman–Crippen LogP) is 1.56. The zero-order valence-corrected chi connectivity index (χ0v) is 14.8. The van der Waals surface area contributed by atoms with Crippen LogP contribution in [0.2, 0.25) is 0 Å². The molecule has 2 rings (SSSR count). The number of hydrogen-bond donors (Lipinski definition) is 2. The highest BCUT2D eigenvalue weighted by Gasteiger charge is 2.17. The second-order valence-corrected chi connectivity index (χ2v) is 5.45. The van der Waals surface area contributed by atoms with Gasteiger partial charge in [-0.3, -0.25) is 4.99 Å². The van der Waals surface area contributed by atoms with Crippen LogP contribution in [0.25, 0.3) is 0 Å². The van der Waals surface area contributed by atoms with Crippen molar-refractivity contribution in [2.45, 2.75) is 25.5 Å². The Morgan fingerprint density at radius 1 is 1.17 bits per heavy atom. The molecule has 0 aliphatic carbocycles. The molecule has 1 heterocycles. The third-order valence-electron chi connectivity index (χ3n) is 3.99. The fourth-order valence-electron chi connectivity index (χ4n) is 2.66. The molecule has 0 radical (unpaired) electrons. The summed E-state index contributed by atoms with van der Waals surface area (Å²) < 4.78 is 21.8. The molecule has 2 N–H and O–H groups in total. The molecule has 1 aromatic carbocycles. The zero-order chi connectivity index (χ0) is 17.4. The van der Waals surface area contributed by atoms with Crippen LogP contribution in [0, 0.1) is 0 Å². The molecule has 0 aromatic heterocycles. The lowest BCUT2D eigenvalue weighted by atomic mass is 10.1. The largest absolute Gasteiger partial charge is 0.496 e. The fraction of sp³-hybridized carbons (Fsp3) is 0.588. The Hall–Kier alpha value is -2.15. The maximum Gasteiger partial charge on any atom is 0.191 e. The molecule has 1 aromatic rings. The number of benzene rings is 1. The van der Waals surface area contributed by atoms with E-state index in [0.29, 0.717) is 29.8 Å². The Morgan fingerprint density at radius 2 is 1.88 bits per heavy atom. The molecule has 1 atom stereocenters. The lowest BCUT2D eigenvalue weighted by molar-refractivity contribution is 0.114. The maximum atomic E-state index is 5.61. The molecular weight excluding hydrogens is 310 g/mol. The predicted molar refractivity (Wildman–Crippen MR) is 93.3 cm³/mol. The van der Waals surface area contributed by atoms with E-state index >= 15 is 0 Å². The molecule has 0 spiro atoms. The molecular formula is C17H27N3O4. The second kappa shape index (κ2) is 9.22. The van der Waals surface area contributed by atoms with Crippen molar-refractivity contribution in [1.29, 1.82) is 0 Å². The summed E-state index contributed by atoms with van der Waals surface area (Å²) in [6.07, 6.45) is 2.47. The minimum atomic E-state index is 0.258. The first-order valence-electron chi connectivity index (χ1n) is 8.06. The van der Waals surface area contributed by atoms with Crippen molar-refractivity contribution in [3.63, 3.8) is 0 Å². The lowest BCUT2D eigenvalue weighted by Crippen LogP contribution is -2.40. The van der Waals surface area contributed by atoms with Crippen LogP contribution in [0.15, 0.2) is 17.1 Å². The highest BCUT2D eigenvalue weighted by atomic mass is 16.5. The van der Waals surface area contributed by atoms with Gasteiger partial charge in [-0.25, -0.2) is 0 Å². The monoisotopic (exact) mass is 337 g/mol. The van der Waals surface area contributed by atoms with Gasteiger partial charge in [0.25, 0.3) is 0 Å². The Kier molecular flexibility index (Phi) is 6.99. The Morgan fingerprint density at radius 3 is 2.38 bits per heavy atom. The molecule has 1 aliphatic rings. The van der Waals surface area contributed by atoms with E-state index in [1.807, 2.05) is 12.1 Å². The highest BCUT2D eigenvalue weighted by Crippen LogP contribution is 2.33. The van der Waals surface area contributed by atoms with E-state index in [0.717, 1.165) is 31.6 Å². The number of guanidine groups is 1. The maximum absolute atomic E-state index is 5.61. The Balaban J connectivity index is 2.00. The molecule has 7 heteroatoms. The number of nitrogens with zero attached hydrogens (tertiary/aromatic N) is 1. The van der Waals surface area contributed by atoms with Crippen LogP contribution in [0.5, 0.6) is 17.2 Å². The molecule has 1 fully saturated rings. The van der Waals surface area contributed by atoms with Gasteiger partial charge in [-0.15, -0.1) is 0 Å². The molecule has 0 saturated carbocycles. The van der Waals surface area contributed by atoms with Crippen LogP contribution in [-0.4, -0.2) is 53.6 Å². The van der Waals surface area contributed by atoms with E-state index in [2.05, 4.69) is 15.6 Å². The first kappa shape index (κ1) is 18.2. The normalized spacial score (nSPS) is 17.5. The molecule has 7 nitrogen and oxygen atoms in total. The number of hydrogen-bond acceptors (Lipinski definition) is 5. The first-order chi connectivity index (χ1) is 11.7. The average Bonchev–Trinajstić information content (AvgIpc) is 3.14. The summed E-state index contributed by atoms with van der Waals surface area (Å²) >= 11 is 0. The van der Waals surface area contributed by atoms with Gasteiger partial charge in [0.15, 0.2) is 5.96 Å². The number of ether oxygens (including phenoxy) is 4. The van der Waals surface area contributed by atoms with Crippen molar-refractivity contribution in [2.24, 2.45) is 4.99 Å². The SMILES string of the molecule is CN=C(NCc1c(OC)cc(OC)cc1OC)NCC1CCCO1. The van der Waals surface area contributed by atoms with E-state index < -0.39 is 0 Å². The topological polar surface area (TPSA) is 73.3 Å². The molecule has 1 aliphatic heterocycles. The minimum absolute atomic E-state index is 0.258. The molecule has 0 amide bonds. The summed E-state index contributed by atoms with van der Waals surface area (Å²) in [5, 5.41) is 6.57. The number of rotatable bonds is 7. The van der Waals surface area contributed by atoms with Crippen LogP contribution >= 0.6 is 0 Å². The van der Waals surface area contributed by atoms with Crippen LogP contribution in [0.4, 0.5) is 0 Å². The van der Waals surface area contributed by atoms with E-state index in [1.54, 1.807) is 28.4 Å². The summed E-state index contributed by atoms with van der Waals surface area (Å²) in [5.74, 6) is 2.81. The summed E-state index contributed by atoms with van der Waals surface area (Å²) in [5.41, 5.74) is 0.904. The third kappa shape index (κ3) is 4.67. The van der Waals surface area contributed by atoms with Crippen molar-refractivity contribution in [3.05, 3.63) is 17.7 Å². The van der Waals surface area contributed by atoms with Crippen molar-refractivity contribution in [2.75, 3.05) is 41.5 Å². The Labute approximate surface area is 143 Å². The third-order valence-corrected chi connectivity index (χ3v) is 3.99. The molecule has 24 heavy (non-hydrogen) atoms. The van der Waals surface area contributed by atoms with Crippen LogP contribution < -0.4 is 24.8 Å². The van der Waals surface area contributed by atoms with Gasteiger partial charge in [0.2, 0.25) is 0 Å². The standard InChI is InChI=1S/C17H27N3O4/c1-18-17(19-10-12-6-5-7-24-12)20-11-14-15(22-3)8-13(21-2)9-16(14)23-4/h8-9,12H,5-7,10-11H2,1-4H3,(H2,18,19,20). The minimum Gasteiger partial charge on any atom is -0.496 e. The van der Waals surface area contributed by atoms with E-state index in [4.69, 9.17) is 18.9 Å². The van der Waals surface area contributed by atoms with Gasteiger partial charge in [0.1, 0.15) is 17.2 Å². The van der Waals surface area contributed by atoms with E-state index in [1.165, 1.54) is 0 Å². The number of aliphatic imine (C=N–C) groups is 1. The summed E-state index contributed by atoms with van der Waals surface area (Å²) in [7, 11) is 6.61. The molecule has 134 valence electrons. The smallest absolute Gasteiger partial charge is 0.191 e. The van der Waals surface area contributed by atoms with Gasteiger partial charge < -0.3 is 29.6 Å². The molecule has 1 saturated heterocycles. The fourth-order valence-corrected chi connectivity index (χ4v) is 2.66. The van der Waals surface area contributed by atoms with Crippen LogP contribution in [0.3, 0.4) is 0 Å². The van der Waals surface area contributed by atoms with Crippen molar-refractivity contribution >= 4 is 5.96 Å². The van der Waals surface area contributed by atoms with Crippen LogP contribution in [0.1, 0.15) is 18.4 Å². The van der Waals surface area contributed by atoms with Gasteiger partial charge in [0.05, 0.1) is 39.5 Å². The van der Waals surface area contributed by atoms with E-state index in [9.17, 15) is 0 Å². The van der Waals surface area contributed by atoms with Gasteiger partial charge >= 0.3 is 0 Å². The van der Waals surface area contributed by atoms with Crippen LogP contribution in [-0.2, 0) is 11.3 Å². The van der Waals surface area contributed by atoms with Gasteiger partial charge in [-0.2, -0.15) is 0 Å². The quantitative estimate of drug-likeness (QED) is 0.581. The van der Waals surface area contributed by atoms with Crippen molar-refractivity contribution in [1.82, 2.24) is 10.6 Å². The van der Waals surface area contributed by atoms with Crippen molar-refractivity contribution < 1.29 is 18.9 Å². The summed E-state index contributed by atoms with van der Waals surface area (Å²) in [6.45, 7) is 2.11. The zero-order valence-electron chi connectivity index (χ0n) is 14.8. The first-order valence-corrected chi connectivity index (χ1v) is 8.06. The number of methoxy groups -OCH3 is 3. The molecule has 0 bridgehead atoms. The highest BCUT2D eigenvalue weighted by molar-refractivity contribution is 5.79. The number of nitrogens with one attached hydrogen (secondary N) is 2. The molecule has 1 unspecified atom stereocenters. The second-order valence-electron chi connectivity index (χ2n) is 5.45. The Bertz CT molecular complexity index is 532. The summed E-state index contributed by atoms with van der Waals surface area (Å²) in [6, 6.07) is 3.67. The average molecular weight is 337 g/mol. The van der Waals surface area contributed by atoms with E-state index in [-0.39, 0.29) is 6.10 Å². The van der Waals surface area contributed by atoms with Gasteiger partial charge in [0, 0.05) is 32.3 Å².